The second kappa shape index (κ2) is 11.1. The summed E-state index contributed by atoms with van der Waals surface area (Å²) in [6, 6.07) is 0. The molecule has 0 aliphatic rings. The predicted molar refractivity (Wildman–Crippen MR) is 86.8 cm³/mol. The number of rotatable bonds is 12. The van der Waals surface area contributed by atoms with Gasteiger partial charge < -0.3 is 14.4 Å². The van der Waals surface area contributed by atoms with Crippen molar-refractivity contribution in [3.8, 4) is 0 Å². The van der Waals surface area contributed by atoms with Gasteiger partial charge in [-0.1, -0.05) is 40.5 Å². The highest BCUT2D eigenvalue weighted by molar-refractivity contribution is 7.54. The zero-order valence-electron chi connectivity index (χ0n) is 14.8. The molecule has 1 amide bonds. The van der Waals surface area contributed by atoms with Crippen molar-refractivity contribution >= 4 is 13.5 Å². The fourth-order valence-corrected chi connectivity index (χ4v) is 3.99. The van der Waals surface area contributed by atoms with Crippen LogP contribution in [0.5, 0.6) is 0 Å². The van der Waals surface area contributed by atoms with Crippen molar-refractivity contribution < 1.29 is 31.6 Å². The first-order chi connectivity index (χ1) is 11.1. The summed E-state index contributed by atoms with van der Waals surface area (Å²) in [5, 5.41) is 1.81. The molecule has 0 radical (unpaired) electrons. The molecule has 0 aromatic rings. The van der Waals surface area contributed by atoms with E-state index in [-0.39, 0.29) is 25.6 Å². The minimum atomic E-state index is -5.05. The predicted octanol–water partition coefficient (Wildman–Crippen LogP) is 4.86. The van der Waals surface area contributed by atoms with E-state index in [0.717, 1.165) is 12.8 Å². The molecule has 0 fully saturated rings. The largest absolute Gasteiger partial charge is 0.471 e. The summed E-state index contributed by atoms with van der Waals surface area (Å²) in [7, 11) is -3.90. The summed E-state index contributed by atoms with van der Waals surface area (Å²) in [4.78, 5) is 11.3. The molecule has 0 bridgehead atoms. The summed E-state index contributed by atoms with van der Waals surface area (Å²) in [5.74, 6) is -3.55. The van der Waals surface area contributed by atoms with Gasteiger partial charge in [-0.3, -0.25) is 9.36 Å². The molecule has 144 valence electrons. The van der Waals surface area contributed by atoms with E-state index in [1.54, 1.807) is 19.2 Å². The quantitative estimate of drug-likeness (QED) is 0.391. The van der Waals surface area contributed by atoms with Gasteiger partial charge in [0.2, 0.25) is 0 Å². The fraction of sp³-hybridized carbons (Fsp3) is 0.933. The van der Waals surface area contributed by atoms with Gasteiger partial charge in [0.25, 0.3) is 0 Å². The average molecular weight is 375 g/mol. The van der Waals surface area contributed by atoms with Crippen LogP contribution in [-0.4, -0.2) is 31.1 Å². The van der Waals surface area contributed by atoms with Crippen LogP contribution < -0.4 is 5.32 Å². The third kappa shape index (κ3) is 9.04. The smallest absolute Gasteiger partial charge is 0.334 e. The molecule has 0 aliphatic carbocycles. The van der Waals surface area contributed by atoms with Crippen LogP contribution in [0.4, 0.5) is 13.2 Å². The summed E-state index contributed by atoms with van der Waals surface area (Å²) >= 11 is 0. The number of hydrogen-bond donors (Lipinski definition) is 1. The average Bonchev–Trinajstić information content (AvgIpc) is 2.45. The molecule has 0 aromatic heterocycles. The second-order valence-corrected chi connectivity index (χ2v) is 8.25. The van der Waals surface area contributed by atoms with Crippen LogP contribution in [0, 0.1) is 5.92 Å². The van der Waals surface area contributed by atoms with Gasteiger partial charge in [0.05, 0.1) is 13.2 Å². The third-order valence-electron chi connectivity index (χ3n) is 3.17. The van der Waals surface area contributed by atoms with Gasteiger partial charge in [-0.25, -0.2) is 0 Å². The molecular formula is C15H29F3NO4P. The Balaban J connectivity index is 5.28. The SMILES string of the molecule is CCCCOP(=O)(OCCCC)C(CC(C)C)NC(=O)C(F)(F)F. The lowest BCUT2D eigenvalue weighted by Gasteiger charge is -2.29. The molecule has 0 saturated carbocycles. The fourth-order valence-electron chi connectivity index (χ4n) is 1.84. The van der Waals surface area contributed by atoms with E-state index in [0.29, 0.717) is 12.8 Å². The Morgan fingerprint density at radius 3 is 1.88 bits per heavy atom. The Bertz CT molecular complexity index is 402. The maximum absolute atomic E-state index is 13.0. The highest BCUT2D eigenvalue weighted by Gasteiger charge is 2.45. The number of halogens is 3. The van der Waals surface area contributed by atoms with E-state index in [2.05, 4.69) is 0 Å². The molecule has 0 aromatic carbocycles. The lowest BCUT2D eigenvalue weighted by molar-refractivity contribution is -0.174. The maximum Gasteiger partial charge on any atom is 0.471 e. The van der Waals surface area contributed by atoms with E-state index < -0.39 is 25.5 Å². The lowest BCUT2D eigenvalue weighted by Crippen LogP contribution is -2.44. The van der Waals surface area contributed by atoms with Crippen LogP contribution in [0.1, 0.15) is 59.8 Å². The molecule has 1 atom stereocenters. The lowest BCUT2D eigenvalue weighted by atomic mass is 10.1. The Kier molecular flexibility index (Phi) is 10.8. The number of hydrogen-bond acceptors (Lipinski definition) is 4. The van der Waals surface area contributed by atoms with E-state index >= 15 is 0 Å². The van der Waals surface area contributed by atoms with Crippen molar-refractivity contribution in [1.82, 2.24) is 5.32 Å². The highest BCUT2D eigenvalue weighted by Crippen LogP contribution is 2.54. The zero-order chi connectivity index (χ0) is 18.8. The van der Waals surface area contributed by atoms with Gasteiger partial charge in [-0.15, -0.1) is 0 Å². The monoisotopic (exact) mass is 375 g/mol. The Hall–Kier alpha value is -0.590. The standard InChI is InChI=1S/C15H29F3NO4P/c1-5-7-9-22-24(21,23-10-8-6-2)13(11-12(3)4)19-14(20)15(16,17)18/h12-13H,5-11H2,1-4H3,(H,19,20). The normalized spacial score (nSPS) is 14.0. The molecule has 9 heteroatoms. The zero-order valence-corrected chi connectivity index (χ0v) is 15.7. The number of amides is 1. The van der Waals surface area contributed by atoms with Crippen LogP contribution in [0.3, 0.4) is 0 Å². The summed E-state index contributed by atoms with van der Waals surface area (Å²) in [6.07, 6.45) is -2.23. The number of carbonyl (C=O) groups excluding carboxylic acids is 1. The first-order valence-electron chi connectivity index (χ1n) is 8.33. The number of nitrogens with one attached hydrogen (secondary N) is 1. The molecule has 0 saturated heterocycles. The van der Waals surface area contributed by atoms with E-state index in [1.165, 1.54) is 0 Å². The van der Waals surface area contributed by atoms with Crippen molar-refractivity contribution in [3.05, 3.63) is 0 Å². The van der Waals surface area contributed by atoms with Crippen LogP contribution in [0.25, 0.3) is 0 Å². The minimum Gasteiger partial charge on any atom is -0.334 e. The highest BCUT2D eigenvalue weighted by atomic mass is 31.2. The van der Waals surface area contributed by atoms with E-state index in [1.807, 2.05) is 13.8 Å². The van der Waals surface area contributed by atoms with Crippen LogP contribution in [0.15, 0.2) is 0 Å². The van der Waals surface area contributed by atoms with Crippen LogP contribution in [-0.2, 0) is 18.4 Å². The van der Waals surface area contributed by atoms with Gasteiger partial charge in [0, 0.05) is 0 Å². The van der Waals surface area contributed by atoms with Crippen molar-refractivity contribution in [3.63, 3.8) is 0 Å². The molecular weight excluding hydrogens is 346 g/mol. The Morgan fingerprint density at radius 2 is 1.54 bits per heavy atom. The summed E-state index contributed by atoms with van der Waals surface area (Å²) in [5.41, 5.74) is 0. The van der Waals surface area contributed by atoms with Gasteiger partial charge >= 0.3 is 19.7 Å². The molecule has 24 heavy (non-hydrogen) atoms. The van der Waals surface area contributed by atoms with Gasteiger partial charge in [-0.2, -0.15) is 13.2 Å². The summed E-state index contributed by atoms with van der Waals surface area (Å²) in [6.45, 7) is 7.55. The summed E-state index contributed by atoms with van der Waals surface area (Å²) < 4.78 is 61.4. The number of alkyl halides is 3. The first kappa shape index (κ1) is 23.4. The van der Waals surface area contributed by atoms with Crippen LogP contribution in [0.2, 0.25) is 0 Å². The molecule has 0 aliphatic heterocycles. The second-order valence-electron chi connectivity index (χ2n) is 6.03. The Morgan fingerprint density at radius 1 is 1.08 bits per heavy atom. The van der Waals surface area contributed by atoms with Gasteiger partial charge in [0.1, 0.15) is 5.78 Å². The topological polar surface area (TPSA) is 64.6 Å². The molecule has 1 unspecified atom stereocenters. The van der Waals surface area contributed by atoms with Gasteiger partial charge in [0.15, 0.2) is 0 Å². The molecule has 1 N–H and O–H groups in total. The van der Waals surface area contributed by atoms with Crippen molar-refractivity contribution in [1.29, 1.82) is 0 Å². The third-order valence-corrected chi connectivity index (χ3v) is 5.36. The van der Waals surface area contributed by atoms with Crippen molar-refractivity contribution in [2.75, 3.05) is 13.2 Å². The van der Waals surface area contributed by atoms with Crippen molar-refractivity contribution in [2.24, 2.45) is 5.92 Å². The minimum absolute atomic E-state index is 0.0668. The number of carbonyl (C=O) groups is 1. The number of unbranched alkanes of at least 4 members (excludes halogenated alkanes) is 2. The van der Waals surface area contributed by atoms with Crippen molar-refractivity contribution in [2.45, 2.75) is 71.8 Å². The first-order valence-corrected chi connectivity index (χ1v) is 9.94. The molecule has 0 rings (SSSR count). The molecule has 0 spiro atoms. The van der Waals surface area contributed by atoms with Crippen LogP contribution >= 0.6 is 7.60 Å². The maximum atomic E-state index is 13.0. The molecule has 5 nitrogen and oxygen atoms in total. The van der Waals surface area contributed by atoms with E-state index in [9.17, 15) is 22.5 Å². The van der Waals surface area contributed by atoms with E-state index in [4.69, 9.17) is 9.05 Å². The Labute approximate surface area is 142 Å². The van der Waals surface area contributed by atoms with Gasteiger partial charge in [-0.05, 0) is 25.2 Å². The molecule has 0 heterocycles.